The van der Waals surface area contributed by atoms with Gasteiger partial charge in [0.25, 0.3) is 0 Å². The van der Waals surface area contributed by atoms with E-state index in [0.717, 1.165) is 37.4 Å². The van der Waals surface area contributed by atoms with Crippen molar-refractivity contribution < 1.29 is 4.42 Å². The lowest BCUT2D eigenvalue weighted by Gasteiger charge is -2.31. The first kappa shape index (κ1) is 13.2. The summed E-state index contributed by atoms with van der Waals surface area (Å²) >= 11 is 0. The molecule has 1 heterocycles. The summed E-state index contributed by atoms with van der Waals surface area (Å²) in [5.41, 5.74) is 1.29. The average Bonchev–Trinajstić information content (AvgIpc) is 3.09. The lowest BCUT2D eigenvalue weighted by molar-refractivity contribution is 0.169. The molecule has 19 heavy (non-hydrogen) atoms. The van der Waals surface area contributed by atoms with Gasteiger partial charge in [-0.2, -0.15) is 0 Å². The fourth-order valence-corrected chi connectivity index (χ4v) is 2.72. The Bertz CT molecular complexity index is 393. The maximum Gasteiger partial charge on any atom is 0.118 e. The monoisotopic (exact) mass is 262 g/mol. The molecule has 0 saturated heterocycles. The molecule has 1 aromatic rings. The molecular formula is C16H26N2O. The quantitative estimate of drug-likeness (QED) is 0.780. The molecule has 0 aliphatic heterocycles. The van der Waals surface area contributed by atoms with Gasteiger partial charge in [0.1, 0.15) is 5.76 Å². The largest absolute Gasteiger partial charge is 0.468 e. The van der Waals surface area contributed by atoms with Crippen molar-refractivity contribution in [3.8, 4) is 0 Å². The Hall–Kier alpha value is -0.800. The third-order valence-corrected chi connectivity index (χ3v) is 4.45. The number of hydrogen-bond donors (Lipinski definition) is 1. The van der Waals surface area contributed by atoms with Gasteiger partial charge in [-0.1, -0.05) is 13.3 Å². The predicted octanol–water partition coefficient (Wildman–Crippen LogP) is 3.15. The summed E-state index contributed by atoms with van der Waals surface area (Å²) in [6.45, 7) is 6.54. The second-order valence-corrected chi connectivity index (χ2v) is 6.20. The second kappa shape index (κ2) is 6.10. The summed E-state index contributed by atoms with van der Waals surface area (Å²) < 4.78 is 5.70. The van der Waals surface area contributed by atoms with Crippen molar-refractivity contribution in [1.29, 1.82) is 0 Å². The highest BCUT2D eigenvalue weighted by atomic mass is 16.3. The standard InChI is InChI=1S/C16H26N2O/c1-2-18(10-13-4-3-5-13)11-16-8-14(12-19-16)9-17-15-6-7-15/h8,12-13,15,17H,2-7,9-11H2,1H3. The van der Waals surface area contributed by atoms with Crippen LogP contribution in [0.2, 0.25) is 0 Å². The van der Waals surface area contributed by atoms with E-state index in [1.54, 1.807) is 0 Å². The van der Waals surface area contributed by atoms with E-state index in [-0.39, 0.29) is 0 Å². The zero-order valence-corrected chi connectivity index (χ0v) is 12.0. The first-order valence-corrected chi connectivity index (χ1v) is 7.85. The van der Waals surface area contributed by atoms with E-state index in [4.69, 9.17) is 4.42 Å². The van der Waals surface area contributed by atoms with E-state index in [1.165, 1.54) is 44.2 Å². The fourth-order valence-electron chi connectivity index (χ4n) is 2.72. The molecule has 0 aromatic carbocycles. The second-order valence-electron chi connectivity index (χ2n) is 6.20. The molecule has 0 radical (unpaired) electrons. The summed E-state index contributed by atoms with van der Waals surface area (Å²) in [4.78, 5) is 2.51. The molecule has 2 saturated carbocycles. The van der Waals surface area contributed by atoms with E-state index in [2.05, 4.69) is 23.2 Å². The average molecular weight is 262 g/mol. The van der Waals surface area contributed by atoms with Crippen LogP contribution in [-0.2, 0) is 13.1 Å². The third kappa shape index (κ3) is 3.83. The van der Waals surface area contributed by atoms with Crippen LogP contribution in [0.4, 0.5) is 0 Å². The molecule has 0 unspecified atom stereocenters. The van der Waals surface area contributed by atoms with Gasteiger partial charge >= 0.3 is 0 Å². The van der Waals surface area contributed by atoms with E-state index >= 15 is 0 Å². The lowest BCUT2D eigenvalue weighted by atomic mass is 9.85. The van der Waals surface area contributed by atoms with Crippen molar-refractivity contribution in [2.45, 2.75) is 58.2 Å². The summed E-state index contributed by atoms with van der Waals surface area (Å²) in [6.07, 6.45) is 8.88. The van der Waals surface area contributed by atoms with Crippen molar-refractivity contribution in [2.75, 3.05) is 13.1 Å². The molecule has 0 amide bonds. The Morgan fingerprint density at radius 2 is 2.16 bits per heavy atom. The molecule has 2 aliphatic carbocycles. The molecule has 106 valence electrons. The Kier molecular flexibility index (Phi) is 4.24. The highest BCUT2D eigenvalue weighted by Crippen LogP contribution is 2.27. The smallest absolute Gasteiger partial charge is 0.118 e. The Morgan fingerprint density at radius 3 is 2.79 bits per heavy atom. The van der Waals surface area contributed by atoms with Crippen LogP contribution >= 0.6 is 0 Å². The molecule has 3 heteroatoms. The van der Waals surface area contributed by atoms with Crippen molar-refractivity contribution in [3.05, 3.63) is 23.7 Å². The van der Waals surface area contributed by atoms with Gasteiger partial charge in [0.2, 0.25) is 0 Å². The maximum atomic E-state index is 5.70. The SMILES string of the molecule is CCN(Cc1cc(CNC2CC2)co1)CC1CCC1. The highest BCUT2D eigenvalue weighted by molar-refractivity contribution is 5.13. The molecular weight excluding hydrogens is 236 g/mol. The topological polar surface area (TPSA) is 28.4 Å². The van der Waals surface area contributed by atoms with Gasteiger partial charge in [-0.05, 0) is 44.2 Å². The first-order valence-electron chi connectivity index (χ1n) is 7.85. The van der Waals surface area contributed by atoms with Crippen molar-refractivity contribution in [2.24, 2.45) is 5.92 Å². The number of hydrogen-bond acceptors (Lipinski definition) is 3. The van der Waals surface area contributed by atoms with Crippen molar-refractivity contribution in [3.63, 3.8) is 0 Å². The normalized spacial score (nSPS) is 19.9. The van der Waals surface area contributed by atoms with Gasteiger partial charge in [0.05, 0.1) is 12.8 Å². The molecule has 3 nitrogen and oxygen atoms in total. The first-order chi connectivity index (χ1) is 9.33. The maximum absolute atomic E-state index is 5.70. The third-order valence-electron chi connectivity index (χ3n) is 4.45. The molecule has 2 fully saturated rings. The zero-order valence-electron chi connectivity index (χ0n) is 12.0. The molecule has 0 spiro atoms. The Labute approximate surface area is 116 Å². The van der Waals surface area contributed by atoms with Crippen LogP contribution in [0, 0.1) is 5.92 Å². The summed E-state index contributed by atoms with van der Waals surface area (Å²) in [7, 11) is 0. The lowest BCUT2D eigenvalue weighted by Crippen LogP contribution is -2.31. The summed E-state index contributed by atoms with van der Waals surface area (Å²) in [6, 6.07) is 2.99. The van der Waals surface area contributed by atoms with E-state index in [9.17, 15) is 0 Å². The van der Waals surface area contributed by atoms with Crippen LogP contribution in [-0.4, -0.2) is 24.0 Å². The van der Waals surface area contributed by atoms with Crippen molar-refractivity contribution >= 4 is 0 Å². The van der Waals surface area contributed by atoms with Crippen LogP contribution in [0.15, 0.2) is 16.7 Å². The molecule has 2 aliphatic rings. The van der Waals surface area contributed by atoms with Crippen LogP contribution in [0.1, 0.15) is 50.4 Å². The minimum absolute atomic E-state index is 0.768. The molecule has 0 bridgehead atoms. The van der Waals surface area contributed by atoms with Crippen LogP contribution in [0.5, 0.6) is 0 Å². The zero-order chi connectivity index (χ0) is 13.1. The van der Waals surface area contributed by atoms with Gasteiger partial charge in [-0.15, -0.1) is 0 Å². The van der Waals surface area contributed by atoms with Gasteiger partial charge in [-0.25, -0.2) is 0 Å². The number of nitrogens with zero attached hydrogens (tertiary/aromatic N) is 1. The predicted molar refractivity (Wildman–Crippen MR) is 76.9 cm³/mol. The molecule has 0 atom stereocenters. The summed E-state index contributed by atoms with van der Waals surface area (Å²) in [5, 5.41) is 3.53. The van der Waals surface area contributed by atoms with Crippen molar-refractivity contribution in [1.82, 2.24) is 10.2 Å². The van der Waals surface area contributed by atoms with Crippen LogP contribution in [0.25, 0.3) is 0 Å². The number of nitrogens with one attached hydrogen (secondary N) is 1. The van der Waals surface area contributed by atoms with E-state index in [0.29, 0.717) is 0 Å². The van der Waals surface area contributed by atoms with Gasteiger partial charge < -0.3 is 9.73 Å². The van der Waals surface area contributed by atoms with Gasteiger partial charge in [0, 0.05) is 24.7 Å². The highest BCUT2D eigenvalue weighted by Gasteiger charge is 2.21. The number of rotatable bonds is 8. The minimum atomic E-state index is 0.768. The number of furan rings is 1. The minimum Gasteiger partial charge on any atom is -0.468 e. The van der Waals surface area contributed by atoms with E-state index in [1.807, 2.05) is 6.26 Å². The van der Waals surface area contributed by atoms with Crippen LogP contribution in [0.3, 0.4) is 0 Å². The van der Waals surface area contributed by atoms with Gasteiger partial charge in [-0.3, -0.25) is 4.90 Å². The molecule has 3 rings (SSSR count). The van der Waals surface area contributed by atoms with Crippen LogP contribution < -0.4 is 5.32 Å². The molecule has 1 aromatic heterocycles. The fraction of sp³-hybridized carbons (Fsp3) is 0.750. The Morgan fingerprint density at radius 1 is 1.32 bits per heavy atom. The Balaban J connectivity index is 1.46. The van der Waals surface area contributed by atoms with Gasteiger partial charge in [0.15, 0.2) is 0 Å². The molecule has 1 N–H and O–H groups in total. The summed E-state index contributed by atoms with van der Waals surface area (Å²) in [5.74, 6) is 2.06. The van der Waals surface area contributed by atoms with E-state index < -0.39 is 0 Å².